The van der Waals surface area contributed by atoms with Crippen LogP contribution in [-0.2, 0) is 37.2 Å². The number of nitrogens with two attached hydrogens (primary N) is 1. The van der Waals surface area contributed by atoms with Crippen molar-refractivity contribution in [1.29, 1.82) is 0 Å². The second kappa shape index (κ2) is 8.27. The van der Waals surface area contributed by atoms with Crippen molar-refractivity contribution in [3.63, 3.8) is 0 Å². The van der Waals surface area contributed by atoms with E-state index in [2.05, 4.69) is 23.2 Å². The number of aromatic nitrogens is 3. The zero-order valence-corrected chi connectivity index (χ0v) is 18.3. The average molecular weight is 504 g/mol. The molecule has 16 nitrogen and oxygen atoms in total. The highest BCUT2D eigenvalue weighted by Crippen LogP contribution is 2.66. The van der Waals surface area contributed by atoms with E-state index >= 15 is 0 Å². The Kier molecular flexibility index (Phi) is 6.51. The summed E-state index contributed by atoms with van der Waals surface area (Å²) < 4.78 is 52.9. The number of ether oxygens (including phenoxy) is 1. The molecule has 174 valence electrons. The molecule has 7 N–H and O–H groups in total. The van der Waals surface area contributed by atoms with E-state index in [9.17, 15) is 23.7 Å². The predicted molar refractivity (Wildman–Crippen MR) is 100 cm³/mol. The number of aliphatic hydroxyl groups is 1. The third kappa shape index (κ3) is 5.57. The molecule has 2 aromatic rings. The minimum Gasteiger partial charge on any atom is -0.390 e. The molecular formula is C12H19N4O12P3. The summed E-state index contributed by atoms with van der Waals surface area (Å²) in [6, 6.07) is 3.22. The topological polar surface area (TPSA) is 245 Å². The van der Waals surface area contributed by atoms with Crippen molar-refractivity contribution < 1.29 is 56.3 Å². The van der Waals surface area contributed by atoms with Gasteiger partial charge in [-0.05, 0) is 19.1 Å². The van der Waals surface area contributed by atoms with Crippen LogP contribution in [-0.4, -0.2) is 58.1 Å². The van der Waals surface area contributed by atoms with Gasteiger partial charge in [0.15, 0.2) is 5.82 Å². The summed E-state index contributed by atoms with van der Waals surface area (Å²) in [6.07, 6.45) is -0.949. The van der Waals surface area contributed by atoms with Gasteiger partial charge in [0.05, 0.1) is 24.5 Å². The Morgan fingerprint density at radius 1 is 1.23 bits per heavy atom. The van der Waals surface area contributed by atoms with Crippen molar-refractivity contribution in [2.24, 2.45) is 0 Å². The molecule has 1 aliphatic rings. The molecular weight excluding hydrogens is 485 g/mol. The Morgan fingerprint density at radius 2 is 1.90 bits per heavy atom. The zero-order chi connectivity index (χ0) is 23.2. The normalized spacial score (nSPS) is 28.5. The van der Waals surface area contributed by atoms with Crippen LogP contribution in [0.2, 0.25) is 0 Å². The Labute approximate surface area is 174 Å². The fourth-order valence-electron chi connectivity index (χ4n) is 3.09. The van der Waals surface area contributed by atoms with Crippen molar-refractivity contribution in [3.8, 4) is 0 Å². The lowest BCUT2D eigenvalue weighted by molar-refractivity contribution is -0.0880. The first-order valence-electron chi connectivity index (χ1n) is 8.35. The molecule has 1 aliphatic heterocycles. The van der Waals surface area contributed by atoms with E-state index in [0.29, 0.717) is 11.2 Å². The molecule has 1 fully saturated rings. The van der Waals surface area contributed by atoms with Crippen LogP contribution in [0.15, 0.2) is 18.5 Å². The van der Waals surface area contributed by atoms with E-state index in [-0.39, 0.29) is 12.2 Å². The number of hydrogen-bond acceptors (Lipinski definition) is 11. The smallest absolute Gasteiger partial charge is 0.390 e. The highest BCUT2D eigenvalue weighted by atomic mass is 31.3. The predicted octanol–water partition coefficient (Wildman–Crippen LogP) is 0.0198. The van der Waals surface area contributed by atoms with Gasteiger partial charge in [-0.2, -0.15) is 13.7 Å². The van der Waals surface area contributed by atoms with E-state index in [1.807, 2.05) is 0 Å². The molecule has 19 heteroatoms. The summed E-state index contributed by atoms with van der Waals surface area (Å²) in [7, 11) is -16.4. The molecule has 0 amide bonds. The van der Waals surface area contributed by atoms with Crippen molar-refractivity contribution in [1.82, 2.24) is 14.6 Å². The SMILES string of the molecule is C[C@@]1(c2ccc3c(N)ncnn23)O[C@H](COP(=O)(O)OP(=O)(O)OP(=O)(O)O)C[C@H]1O. The third-order valence-electron chi connectivity index (χ3n) is 4.36. The molecule has 2 unspecified atom stereocenters. The highest BCUT2D eigenvalue weighted by molar-refractivity contribution is 7.66. The summed E-state index contributed by atoms with van der Waals surface area (Å²) in [4.78, 5) is 39.6. The van der Waals surface area contributed by atoms with Gasteiger partial charge in [0.1, 0.15) is 17.4 Å². The molecule has 3 rings (SSSR count). The van der Waals surface area contributed by atoms with E-state index < -0.39 is 47.9 Å². The molecule has 3 heterocycles. The van der Waals surface area contributed by atoms with Crippen LogP contribution in [0.4, 0.5) is 5.82 Å². The number of nitrogen functional groups attached to an aromatic ring is 1. The minimum absolute atomic E-state index is 0.0694. The lowest BCUT2D eigenvalue weighted by Crippen LogP contribution is -2.35. The van der Waals surface area contributed by atoms with E-state index in [1.54, 1.807) is 19.1 Å². The number of hydrogen-bond donors (Lipinski definition) is 6. The molecule has 0 aliphatic carbocycles. The van der Waals surface area contributed by atoms with Gasteiger partial charge in [-0.25, -0.2) is 23.2 Å². The largest absolute Gasteiger partial charge is 0.490 e. The number of anilines is 1. The highest BCUT2D eigenvalue weighted by Gasteiger charge is 2.49. The van der Waals surface area contributed by atoms with E-state index in [1.165, 1.54) is 10.8 Å². The fourth-order valence-corrected chi connectivity index (χ4v) is 6.14. The number of fused-ring (bicyclic) bond motifs is 1. The number of phosphoric acid groups is 3. The molecule has 5 atom stereocenters. The maximum atomic E-state index is 11.8. The summed E-state index contributed by atoms with van der Waals surface area (Å²) in [6.45, 7) is 0.860. The number of nitrogens with zero attached hydrogens (tertiary/aromatic N) is 3. The maximum Gasteiger partial charge on any atom is 0.490 e. The second-order valence-corrected chi connectivity index (χ2v) is 11.1. The Hall–Kier alpha value is -1.25. The number of phosphoric ester groups is 1. The summed E-state index contributed by atoms with van der Waals surface area (Å²) >= 11 is 0. The summed E-state index contributed by atoms with van der Waals surface area (Å²) in [5.74, 6) is 0.196. The Balaban J connectivity index is 1.69. The van der Waals surface area contributed by atoms with Gasteiger partial charge in [-0.1, -0.05) is 0 Å². The summed E-state index contributed by atoms with van der Waals surface area (Å²) in [5, 5.41) is 14.6. The first-order chi connectivity index (χ1) is 14.1. The van der Waals surface area contributed by atoms with Crippen LogP contribution in [0.5, 0.6) is 0 Å². The zero-order valence-electron chi connectivity index (χ0n) is 15.7. The lowest BCUT2D eigenvalue weighted by Gasteiger charge is -2.27. The Bertz CT molecular complexity index is 1120. The first kappa shape index (κ1) is 24.4. The average Bonchev–Trinajstić information content (AvgIpc) is 3.13. The van der Waals surface area contributed by atoms with Gasteiger partial charge < -0.3 is 35.2 Å². The van der Waals surface area contributed by atoms with Gasteiger partial charge in [0, 0.05) is 6.42 Å². The van der Waals surface area contributed by atoms with Crippen LogP contribution in [0.25, 0.3) is 5.52 Å². The van der Waals surface area contributed by atoms with Gasteiger partial charge >= 0.3 is 23.5 Å². The molecule has 1 saturated heterocycles. The fraction of sp³-hybridized carbons (Fsp3) is 0.500. The van der Waals surface area contributed by atoms with Crippen LogP contribution in [0, 0.1) is 0 Å². The van der Waals surface area contributed by atoms with Gasteiger partial charge in [0.2, 0.25) is 0 Å². The molecule has 0 radical (unpaired) electrons. The van der Waals surface area contributed by atoms with Crippen LogP contribution < -0.4 is 5.73 Å². The first-order valence-corrected chi connectivity index (χ1v) is 12.9. The molecule has 0 spiro atoms. The summed E-state index contributed by atoms with van der Waals surface area (Å²) in [5.41, 5.74) is 5.32. The second-order valence-electron chi connectivity index (χ2n) is 6.65. The van der Waals surface area contributed by atoms with Crippen molar-refractivity contribution in [2.45, 2.75) is 31.2 Å². The van der Waals surface area contributed by atoms with Crippen LogP contribution in [0.3, 0.4) is 0 Å². The Morgan fingerprint density at radius 3 is 2.55 bits per heavy atom. The monoisotopic (exact) mass is 504 g/mol. The van der Waals surface area contributed by atoms with Crippen LogP contribution >= 0.6 is 23.5 Å². The van der Waals surface area contributed by atoms with E-state index in [4.69, 9.17) is 25.2 Å². The van der Waals surface area contributed by atoms with Crippen molar-refractivity contribution >= 4 is 34.8 Å². The van der Waals surface area contributed by atoms with Gasteiger partial charge in [0.25, 0.3) is 0 Å². The van der Waals surface area contributed by atoms with E-state index in [0.717, 1.165) is 0 Å². The van der Waals surface area contributed by atoms with Crippen molar-refractivity contribution in [2.75, 3.05) is 12.3 Å². The lowest BCUT2D eigenvalue weighted by atomic mass is 9.95. The number of aliphatic hydroxyl groups excluding tert-OH is 1. The van der Waals surface area contributed by atoms with Gasteiger partial charge in [-0.3, -0.25) is 4.52 Å². The standard InChI is InChI=1S/C12H19N4O12P3/c1-12(9-3-2-8-11(13)14-6-15-16(8)9)10(17)4-7(26-12)5-25-30(21,22)28-31(23,24)27-29(18,19)20/h2-3,6-7,10,17H,4-5H2,1H3,(H,21,22)(H,23,24)(H2,13,14,15)(H2,18,19,20)/t7-,10+,12-/m0/s1. The van der Waals surface area contributed by atoms with Crippen molar-refractivity contribution in [3.05, 3.63) is 24.2 Å². The molecule has 0 aromatic carbocycles. The maximum absolute atomic E-state index is 11.8. The number of rotatable bonds is 8. The molecule has 0 saturated carbocycles. The minimum atomic E-state index is -5.63. The quantitative estimate of drug-likeness (QED) is 0.259. The van der Waals surface area contributed by atoms with Crippen LogP contribution in [0.1, 0.15) is 19.0 Å². The third-order valence-corrected chi connectivity index (χ3v) is 8.17. The molecule has 31 heavy (non-hydrogen) atoms. The molecule has 0 bridgehead atoms. The molecule has 2 aromatic heterocycles. The van der Waals surface area contributed by atoms with Gasteiger partial charge in [-0.15, -0.1) is 0 Å².